The number of primary amides is 1. The lowest BCUT2D eigenvalue weighted by Crippen LogP contribution is -2.37. The van der Waals surface area contributed by atoms with E-state index in [1.165, 1.54) is 38.5 Å². The van der Waals surface area contributed by atoms with Crippen LogP contribution in [0.1, 0.15) is 82.1 Å². The number of carbonyl (C=O) groups excluding carboxylic acids is 3. The number of esters is 1. The molecule has 7 heteroatoms. The number of carbonyl (C=O) groups is 3. The molecule has 1 fully saturated rings. The highest BCUT2D eigenvalue weighted by Gasteiger charge is 2.31. The quantitative estimate of drug-likeness (QED) is 0.274. The molecule has 2 atom stereocenters. The predicted octanol–water partition coefficient (Wildman–Crippen LogP) is 3.44. The molecule has 4 N–H and O–H groups in total. The van der Waals surface area contributed by atoms with Gasteiger partial charge in [-0.2, -0.15) is 0 Å². The van der Waals surface area contributed by atoms with Crippen LogP contribution in [-0.2, 0) is 19.1 Å². The Hall–Kier alpha value is -2.41. The van der Waals surface area contributed by atoms with Crippen LogP contribution in [0.2, 0.25) is 0 Å². The van der Waals surface area contributed by atoms with Gasteiger partial charge in [-0.1, -0.05) is 75.3 Å². The maximum absolute atomic E-state index is 12.9. The van der Waals surface area contributed by atoms with Gasteiger partial charge in [0.25, 0.3) is 0 Å². The van der Waals surface area contributed by atoms with E-state index in [4.69, 9.17) is 10.5 Å². The van der Waals surface area contributed by atoms with E-state index in [1.54, 1.807) is 0 Å². The number of ether oxygens (including phenoxy) is 1. The van der Waals surface area contributed by atoms with Gasteiger partial charge in [-0.05, 0) is 24.3 Å². The van der Waals surface area contributed by atoms with Crippen LogP contribution < -0.4 is 11.1 Å². The van der Waals surface area contributed by atoms with Gasteiger partial charge in [-0.15, -0.1) is 0 Å². The zero-order valence-corrected chi connectivity index (χ0v) is 19.7. The second-order valence-corrected chi connectivity index (χ2v) is 9.09. The van der Waals surface area contributed by atoms with Gasteiger partial charge in [0.15, 0.2) is 0 Å². The first-order chi connectivity index (χ1) is 16.0. The van der Waals surface area contributed by atoms with E-state index in [0.717, 1.165) is 24.3 Å². The number of aliphatic hydroxyl groups excluding tert-OH is 1. The van der Waals surface area contributed by atoms with Crippen molar-refractivity contribution in [2.24, 2.45) is 17.6 Å². The average Bonchev–Trinajstić information content (AvgIpc) is 2.82. The van der Waals surface area contributed by atoms with Crippen LogP contribution in [0.5, 0.6) is 0 Å². The molecule has 0 spiro atoms. The zero-order valence-electron chi connectivity index (χ0n) is 19.7. The number of hydrogen-bond donors (Lipinski definition) is 3. The fourth-order valence-corrected chi connectivity index (χ4v) is 4.63. The first-order valence-corrected chi connectivity index (χ1v) is 12.4. The topological polar surface area (TPSA) is 119 Å². The second-order valence-electron chi connectivity index (χ2n) is 9.09. The summed E-state index contributed by atoms with van der Waals surface area (Å²) in [7, 11) is 0. The minimum absolute atomic E-state index is 0.0269. The minimum Gasteiger partial charge on any atom is -0.466 e. The van der Waals surface area contributed by atoms with E-state index in [1.807, 2.05) is 30.3 Å². The molecular weight excluding hydrogens is 420 g/mol. The third kappa shape index (κ3) is 10.4. The lowest BCUT2D eigenvalue weighted by molar-refractivity contribution is -0.145. The Balaban J connectivity index is 1.86. The normalized spacial score (nSPS) is 16.0. The highest BCUT2D eigenvalue weighted by molar-refractivity contribution is 5.81. The van der Waals surface area contributed by atoms with Crippen LogP contribution in [0.25, 0.3) is 0 Å². The van der Waals surface area contributed by atoms with E-state index in [0.29, 0.717) is 13.0 Å². The molecule has 33 heavy (non-hydrogen) atoms. The van der Waals surface area contributed by atoms with Gasteiger partial charge in [-0.25, -0.2) is 0 Å². The molecule has 0 heterocycles. The van der Waals surface area contributed by atoms with Crippen molar-refractivity contribution in [3.63, 3.8) is 0 Å². The molecule has 2 amide bonds. The highest BCUT2D eigenvalue weighted by Crippen LogP contribution is 2.30. The van der Waals surface area contributed by atoms with Gasteiger partial charge in [0, 0.05) is 18.9 Å². The van der Waals surface area contributed by atoms with Gasteiger partial charge in [0.1, 0.15) is 0 Å². The Bertz CT molecular complexity index is 719. The van der Waals surface area contributed by atoms with Crippen LogP contribution in [-0.4, -0.2) is 42.6 Å². The van der Waals surface area contributed by atoms with E-state index >= 15 is 0 Å². The van der Waals surface area contributed by atoms with Gasteiger partial charge in [-0.3, -0.25) is 14.4 Å². The third-order valence-electron chi connectivity index (χ3n) is 6.53. The maximum Gasteiger partial charge on any atom is 0.306 e. The first kappa shape index (κ1) is 26.8. The van der Waals surface area contributed by atoms with Crippen molar-refractivity contribution in [3.8, 4) is 0 Å². The summed E-state index contributed by atoms with van der Waals surface area (Å²) in [5.74, 6) is -1.57. The Morgan fingerprint density at radius 3 is 2.45 bits per heavy atom. The fraction of sp³-hybridized carbons (Fsp3) is 0.654. The standard InChI is InChI=1S/C26H40N2O5/c27-24(30)15-9-17-33-25(31)18-22(21-13-5-2-6-14-21)23(19-29)26(32)28-16-8-7-12-20-10-3-1-4-11-20/h2,5-6,13-14,20,22-23,29H,1,3-4,7-12,15-19H2,(H2,27,30)(H,28,32). The lowest BCUT2D eigenvalue weighted by atomic mass is 9.83. The van der Waals surface area contributed by atoms with Gasteiger partial charge in [0.05, 0.1) is 25.6 Å². The number of hydrogen-bond acceptors (Lipinski definition) is 5. The molecule has 0 bridgehead atoms. The molecule has 0 aliphatic heterocycles. The largest absolute Gasteiger partial charge is 0.466 e. The molecule has 0 radical (unpaired) electrons. The Labute approximate surface area is 197 Å². The molecule has 0 saturated heterocycles. The minimum atomic E-state index is -0.746. The molecule has 2 rings (SSSR count). The summed E-state index contributed by atoms with van der Waals surface area (Å²) in [5, 5.41) is 13.0. The summed E-state index contributed by atoms with van der Waals surface area (Å²) in [4.78, 5) is 36.1. The summed E-state index contributed by atoms with van der Waals surface area (Å²) in [6.07, 6.45) is 10.4. The molecular formula is C26H40N2O5. The van der Waals surface area contributed by atoms with Crippen LogP contribution in [0.3, 0.4) is 0 Å². The highest BCUT2D eigenvalue weighted by atomic mass is 16.5. The molecule has 1 aliphatic carbocycles. The molecule has 2 unspecified atom stereocenters. The first-order valence-electron chi connectivity index (χ1n) is 12.4. The van der Waals surface area contributed by atoms with Crippen molar-refractivity contribution in [3.05, 3.63) is 35.9 Å². The van der Waals surface area contributed by atoms with Crippen molar-refractivity contribution in [1.29, 1.82) is 0 Å². The van der Waals surface area contributed by atoms with Crippen molar-refractivity contribution >= 4 is 17.8 Å². The van der Waals surface area contributed by atoms with Crippen molar-refractivity contribution in [2.45, 2.75) is 76.5 Å². The second kappa shape index (κ2) is 15.4. The Kier molecular flexibility index (Phi) is 12.6. The number of rotatable bonds is 15. The third-order valence-corrected chi connectivity index (χ3v) is 6.53. The van der Waals surface area contributed by atoms with E-state index in [2.05, 4.69) is 5.32 Å². The molecule has 1 aliphatic rings. The zero-order chi connectivity index (χ0) is 23.9. The Morgan fingerprint density at radius 1 is 1.06 bits per heavy atom. The molecule has 0 aromatic heterocycles. The number of benzene rings is 1. The van der Waals surface area contributed by atoms with E-state index in [9.17, 15) is 19.5 Å². The van der Waals surface area contributed by atoms with Crippen LogP contribution in [0.4, 0.5) is 0 Å². The summed E-state index contributed by atoms with van der Waals surface area (Å²) < 4.78 is 5.23. The number of aliphatic hydroxyl groups is 1. The predicted molar refractivity (Wildman–Crippen MR) is 127 cm³/mol. The van der Waals surface area contributed by atoms with E-state index < -0.39 is 23.7 Å². The average molecular weight is 461 g/mol. The number of nitrogens with two attached hydrogens (primary N) is 1. The molecule has 184 valence electrons. The van der Waals surface area contributed by atoms with Crippen LogP contribution in [0, 0.1) is 11.8 Å². The maximum atomic E-state index is 12.9. The van der Waals surface area contributed by atoms with Crippen molar-refractivity contribution in [1.82, 2.24) is 5.32 Å². The summed E-state index contributed by atoms with van der Waals surface area (Å²) in [5.41, 5.74) is 5.91. The van der Waals surface area contributed by atoms with Crippen molar-refractivity contribution < 1.29 is 24.2 Å². The number of unbranched alkanes of at least 4 members (excludes halogenated alkanes) is 1. The van der Waals surface area contributed by atoms with E-state index in [-0.39, 0.29) is 32.0 Å². The van der Waals surface area contributed by atoms with Gasteiger partial charge in [0.2, 0.25) is 11.8 Å². The van der Waals surface area contributed by atoms with Gasteiger partial charge < -0.3 is 20.9 Å². The SMILES string of the molecule is NC(=O)CCCOC(=O)CC(c1ccccc1)C(CO)C(=O)NCCCCC1CCCCC1. The molecule has 7 nitrogen and oxygen atoms in total. The fourth-order valence-electron chi connectivity index (χ4n) is 4.63. The summed E-state index contributed by atoms with van der Waals surface area (Å²) >= 11 is 0. The van der Waals surface area contributed by atoms with Crippen molar-refractivity contribution in [2.75, 3.05) is 19.8 Å². The monoisotopic (exact) mass is 460 g/mol. The molecule has 1 saturated carbocycles. The van der Waals surface area contributed by atoms with Gasteiger partial charge >= 0.3 is 5.97 Å². The smallest absolute Gasteiger partial charge is 0.306 e. The summed E-state index contributed by atoms with van der Waals surface area (Å²) in [6.45, 7) is 0.309. The summed E-state index contributed by atoms with van der Waals surface area (Å²) in [6, 6.07) is 9.26. The number of amides is 2. The molecule has 1 aromatic rings. The lowest BCUT2D eigenvalue weighted by Gasteiger charge is -2.25. The van der Waals surface area contributed by atoms with Crippen LogP contribution >= 0.6 is 0 Å². The Morgan fingerprint density at radius 2 is 1.79 bits per heavy atom. The van der Waals surface area contributed by atoms with Crippen LogP contribution in [0.15, 0.2) is 30.3 Å². The molecule has 1 aromatic carbocycles. The number of nitrogens with one attached hydrogen (secondary N) is 1.